The molecule has 0 spiro atoms. The summed E-state index contributed by atoms with van der Waals surface area (Å²) in [6.07, 6.45) is 1.56. The summed E-state index contributed by atoms with van der Waals surface area (Å²) >= 11 is 1.65. The van der Waals surface area contributed by atoms with Crippen LogP contribution in [-0.2, 0) is 11.2 Å². The number of aromatic nitrogens is 1. The zero-order chi connectivity index (χ0) is 16.5. The number of hydrogen-bond acceptors (Lipinski definition) is 4. The standard InChI is InChI=1S/C15H26N4O2S/c1-5-7-16-13(20)11(4)18-15(21)17-8-6-12-9-22-14(19-12)10(2)3/h9-11H,5-8H2,1-4H3,(H,16,20)(H2,17,18,21). The molecule has 1 unspecified atom stereocenters. The smallest absolute Gasteiger partial charge is 0.315 e. The van der Waals surface area contributed by atoms with E-state index in [0.717, 1.165) is 17.1 Å². The van der Waals surface area contributed by atoms with Gasteiger partial charge in [0.15, 0.2) is 0 Å². The lowest BCUT2D eigenvalue weighted by molar-refractivity contribution is -0.122. The number of hydrogen-bond donors (Lipinski definition) is 3. The van der Waals surface area contributed by atoms with E-state index < -0.39 is 6.04 Å². The molecule has 0 aliphatic carbocycles. The first-order valence-electron chi connectivity index (χ1n) is 7.70. The number of nitrogens with zero attached hydrogens (tertiary/aromatic N) is 1. The second-order valence-electron chi connectivity index (χ2n) is 5.49. The van der Waals surface area contributed by atoms with Gasteiger partial charge in [0.2, 0.25) is 5.91 Å². The number of rotatable bonds is 8. The highest BCUT2D eigenvalue weighted by atomic mass is 32.1. The van der Waals surface area contributed by atoms with Gasteiger partial charge in [-0.1, -0.05) is 20.8 Å². The third kappa shape index (κ3) is 6.43. The highest BCUT2D eigenvalue weighted by Gasteiger charge is 2.14. The lowest BCUT2D eigenvalue weighted by Gasteiger charge is -2.14. The van der Waals surface area contributed by atoms with Crippen LogP contribution in [0.15, 0.2) is 5.38 Å². The normalized spacial score (nSPS) is 12.0. The van der Waals surface area contributed by atoms with Gasteiger partial charge >= 0.3 is 6.03 Å². The molecule has 1 aromatic rings. The van der Waals surface area contributed by atoms with Gasteiger partial charge in [0.05, 0.1) is 10.7 Å². The van der Waals surface area contributed by atoms with Gasteiger partial charge in [0.25, 0.3) is 0 Å². The van der Waals surface area contributed by atoms with Gasteiger partial charge in [-0.3, -0.25) is 4.79 Å². The van der Waals surface area contributed by atoms with E-state index in [-0.39, 0.29) is 11.9 Å². The van der Waals surface area contributed by atoms with Crippen LogP contribution in [-0.4, -0.2) is 36.1 Å². The van der Waals surface area contributed by atoms with Crippen molar-refractivity contribution in [2.75, 3.05) is 13.1 Å². The summed E-state index contributed by atoms with van der Waals surface area (Å²) in [4.78, 5) is 27.9. The average molecular weight is 326 g/mol. The first-order valence-corrected chi connectivity index (χ1v) is 8.58. The van der Waals surface area contributed by atoms with Crippen LogP contribution in [0.2, 0.25) is 0 Å². The minimum atomic E-state index is -0.543. The van der Waals surface area contributed by atoms with Crippen LogP contribution < -0.4 is 16.0 Å². The van der Waals surface area contributed by atoms with Gasteiger partial charge in [-0.05, 0) is 13.3 Å². The van der Waals surface area contributed by atoms with Crippen molar-refractivity contribution < 1.29 is 9.59 Å². The number of urea groups is 1. The Balaban J connectivity index is 2.26. The number of nitrogens with one attached hydrogen (secondary N) is 3. The zero-order valence-corrected chi connectivity index (χ0v) is 14.5. The van der Waals surface area contributed by atoms with Gasteiger partial charge in [-0.25, -0.2) is 9.78 Å². The van der Waals surface area contributed by atoms with Crippen LogP contribution in [0.3, 0.4) is 0 Å². The number of amides is 3. The van der Waals surface area contributed by atoms with E-state index in [1.165, 1.54) is 0 Å². The average Bonchev–Trinajstić information content (AvgIpc) is 2.93. The van der Waals surface area contributed by atoms with Gasteiger partial charge in [-0.2, -0.15) is 0 Å². The van der Waals surface area contributed by atoms with E-state index in [9.17, 15) is 9.59 Å². The molecule has 0 aliphatic rings. The molecule has 0 saturated carbocycles. The van der Waals surface area contributed by atoms with Crippen molar-refractivity contribution in [3.05, 3.63) is 16.1 Å². The first-order chi connectivity index (χ1) is 10.4. The summed E-state index contributed by atoms with van der Waals surface area (Å²) in [5, 5.41) is 11.2. The van der Waals surface area contributed by atoms with E-state index in [1.54, 1.807) is 18.3 Å². The molecule has 6 nitrogen and oxygen atoms in total. The lowest BCUT2D eigenvalue weighted by Crippen LogP contribution is -2.48. The van der Waals surface area contributed by atoms with Crippen molar-refractivity contribution in [2.24, 2.45) is 0 Å². The Bertz CT molecular complexity index is 488. The van der Waals surface area contributed by atoms with E-state index in [1.807, 2.05) is 12.3 Å². The second-order valence-corrected chi connectivity index (χ2v) is 6.38. The Morgan fingerprint density at radius 2 is 1.95 bits per heavy atom. The Morgan fingerprint density at radius 3 is 2.55 bits per heavy atom. The van der Waals surface area contributed by atoms with Crippen molar-refractivity contribution in [1.82, 2.24) is 20.9 Å². The SMILES string of the molecule is CCCNC(=O)C(C)NC(=O)NCCc1csc(C(C)C)n1. The molecule has 3 N–H and O–H groups in total. The maximum Gasteiger partial charge on any atom is 0.315 e. The molecule has 3 amide bonds. The second kappa shape index (κ2) is 9.40. The summed E-state index contributed by atoms with van der Waals surface area (Å²) in [6, 6.07) is -0.878. The molecular formula is C15H26N4O2S. The largest absolute Gasteiger partial charge is 0.354 e. The lowest BCUT2D eigenvalue weighted by atomic mass is 10.2. The molecule has 124 valence electrons. The molecular weight excluding hydrogens is 300 g/mol. The minimum Gasteiger partial charge on any atom is -0.354 e. The zero-order valence-electron chi connectivity index (χ0n) is 13.7. The summed E-state index contributed by atoms with van der Waals surface area (Å²) in [7, 11) is 0. The van der Waals surface area contributed by atoms with E-state index in [4.69, 9.17) is 0 Å². The van der Waals surface area contributed by atoms with E-state index >= 15 is 0 Å². The summed E-state index contributed by atoms with van der Waals surface area (Å²) in [5.41, 5.74) is 0.989. The Hall–Kier alpha value is -1.63. The summed E-state index contributed by atoms with van der Waals surface area (Å²) < 4.78 is 0. The van der Waals surface area contributed by atoms with Crippen LogP contribution >= 0.6 is 11.3 Å². The fourth-order valence-corrected chi connectivity index (χ4v) is 2.59. The van der Waals surface area contributed by atoms with Crippen molar-refractivity contribution >= 4 is 23.3 Å². The molecule has 0 radical (unpaired) electrons. The highest BCUT2D eigenvalue weighted by molar-refractivity contribution is 7.09. The van der Waals surface area contributed by atoms with Crippen molar-refractivity contribution in [1.29, 1.82) is 0 Å². The molecule has 0 aliphatic heterocycles. The van der Waals surface area contributed by atoms with Crippen LogP contribution in [0, 0.1) is 0 Å². The predicted octanol–water partition coefficient (Wildman–Crippen LogP) is 2.02. The summed E-state index contributed by atoms with van der Waals surface area (Å²) in [5.74, 6) is 0.260. The maximum absolute atomic E-state index is 11.7. The first kappa shape index (κ1) is 18.4. The molecule has 0 fully saturated rings. The fourth-order valence-electron chi connectivity index (χ4n) is 1.72. The minimum absolute atomic E-state index is 0.168. The molecule has 1 rings (SSSR count). The monoisotopic (exact) mass is 326 g/mol. The Morgan fingerprint density at radius 1 is 1.23 bits per heavy atom. The highest BCUT2D eigenvalue weighted by Crippen LogP contribution is 2.19. The Labute approximate surface area is 136 Å². The molecule has 1 heterocycles. The summed E-state index contributed by atoms with van der Waals surface area (Å²) in [6.45, 7) is 8.98. The Kier molecular flexibility index (Phi) is 7.87. The fraction of sp³-hybridized carbons (Fsp3) is 0.667. The van der Waals surface area contributed by atoms with Gasteiger partial charge in [-0.15, -0.1) is 11.3 Å². The van der Waals surface area contributed by atoms with Crippen LogP contribution in [0.5, 0.6) is 0 Å². The third-order valence-electron chi connectivity index (χ3n) is 3.02. The molecule has 7 heteroatoms. The van der Waals surface area contributed by atoms with Crippen LogP contribution in [0.4, 0.5) is 4.79 Å². The molecule has 0 saturated heterocycles. The maximum atomic E-state index is 11.7. The van der Waals surface area contributed by atoms with Crippen molar-refractivity contribution in [2.45, 2.75) is 52.5 Å². The number of thiazole rings is 1. The molecule has 22 heavy (non-hydrogen) atoms. The predicted molar refractivity (Wildman–Crippen MR) is 89.2 cm³/mol. The van der Waals surface area contributed by atoms with E-state index in [2.05, 4.69) is 34.8 Å². The van der Waals surface area contributed by atoms with Gasteiger partial charge in [0, 0.05) is 30.8 Å². The van der Waals surface area contributed by atoms with Crippen molar-refractivity contribution in [3.63, 3.8) is 0 Å². The van der Waals surface area contributed by atoms with E-state index in [0.29, 0.717) is 25.4 Å². The molecule has 0 bridgehead atoms. The van der Waals surface area contributed by atoms with Gasteiger partial charge < -0.3 is 16.0 Å². The molecule has 1 aromatic heterocycles. The number of carbonyl (C=O) groups is 2. The van der Waals surface area contributed by atoms with Crippen LogP contribution in [0.1, 0.15) is 50.7 Å². The van der Waals surface area contributed by atoms with Gasteiger partial charge in [0.1, 0.15) is 6.04 Å². The quantitative estimate of drug-likeness (QED) is 0.683. The topological polar surface area (TPSA) is 83.1 Å². The number of carbonyl (C=O) groups excluding carboxylic acids is 2. The third-order valence-corrected chi connectivity index (χ3v) is 4.21. The van der Waals surface area contributed by atoms with Crippen molar-refractivity contribution in [3.8, 4) is 0 Å². The van der Waals surface area contributed by atoms with Crippen LogP contribution in [0.25, 0.3) is 0 Å². The molecule has 0 aromatic carbocycles. The molecule has 1 atom stereocenters.